The number of anilines is 1. The van der Waals surface area contributed by atoms with Gasteiger partial charge in [-0.05, 0) is 52.0 Å². The Balaban J connectivity index is 2.25. The molecule has 0 aliphatic carbocycles. The predicted molar refractivity (Wildman–Crippen MR) is 94.6 cm³/mol. The van der Waals surface area contributed by atoms with Gasteiger partial charge in [-0.15, -0.1) is 0 Å². The largest absolute Gasteiger partial charge is 0.467 e. The first-order valence-corrected chi connectivity index (χ1v) is 8.05. The quantitative estimate of drug-likeness (QED) is 0.818. The van der Waals surface area contributed by atoms with Crippen LogP contribution in [-0.4, -0.2) is 33.6 Å². The number of aliphatic hydroxyl groups excluding tert-OH is 1. The lowest BCUT2D eigenvalue weighted by atomic mass is 9.96. The fourth-order valence-corrected chi connectivity index (χ4v) is 2.48. The van der Waals surface area contributed by atoms with Gasteiger partial charge in [0.2, 0.25) is 5.91 Å². The lowest BCUT2D eigenvalue weighted by molar-refractivity contribution is -0.143. The van der Waals surface area contributed by atoms with Gasteiger partial charge in [0.05, 0.1) is 25.0 Å². The fourth-order valence-electron chi connectivity index (χ4n) is 2.48. The zero-order valence-corrected chi connectivity index (χ0v) is 14.7. The van der Waals surface area contributed by atoms with Crippen molar-refractivity contribution in [2.45, 2.75) is 45.3 Å². The minimum absolute atomic E-state index is 0.109. The molecule has 0 aliphatic heterocycles. The lowest BCUT2D eigenvalue weighted by Crippen LogP contribution is -2.58. The van der Waals surface area contributed by atoms with E-state index in [1.807, 2.05) is 64.1 Å². The minimum atomic E-state index is -0.833. The topological polar surface area (TPSA) is 65.7 Å². The van der Waals surface area contributed by atoms with Gasteiger partial charge in [-0.1, -0.05) is 18.2 Å². The maximum absolute atomic E-state index is 13.2. The molecule has 5 heteroatoms. The maximum Gasteiger partial charge on any atom is 0.248 e. The summed E-state index contributed by atoms with van der Waals surface area (Å²) < 4.78 is 5.39. The second kappa shape index (κ2) is 7.09. The van der Waals surface area contributed by atoms with E-state index in [0.29, 0.717) is 12.3 Å². The monoisotopic (exact) mass is 330 g/mol. The second-order valence-corrected chi connectivity index (χ2v) is 7.06. The summed E-state index contributed by atoms with van der Waals surface area (Å²) in [4.78, 5) is 14.9. The Hall–Kier alpha value is -2.27. The molecule has 0 unspecified atom stereocenters. The Morgan fingerprint density at radius 2 is 1.79 bits per heavy atom. The lowest BCUT2D eigenvalue weighted by Gasteiger charge is -2.41. The van der Waals surface area contributed by atoms with Crippen LogP contribution in [0.4, 0.5) is 5.69 Å². The molecular formula is C19H26N2O3. The standard InChI is InChI=1S/C19H26N2O3/c1-18(2,14-22)21(13-16-11-8-12-24-16)17(23)19(3,4)20-15-9-6-5-7-10-15/h5-12,20,22H,13-14H2,1-4H3. The molecule has 1 aromatic heterocycles. The summed E-state index contributed by atoms with van der Waals surface area (Å²) >= 11 is 0. The van der Waals surface area contributed by atoms with Crippen molar-refractivity contribution in [2.24, 2.45) is 0 Å². The summed E-state index contributed by atoms with van der Waals surface area (Å²) in [7, 11) is 0. The third kappa shape index (κ3) is 4.17. The third-order valence-electron chi connectivity index (χ3n) is 4.02. The van der Waals surface area contributed by atoms with Crippen molar-refractivity contribution in [3.63, 3.8) is 0 Å². The molecule has 2 aromatic rings. The average molecular weight is 330 g/mol. The minimum Gasteiger partial charge on any atom is -0.467 e. The molecule has 5 nitrogen and oxygen atoms in total. The second-order valence-electron chi connectivity index (χ2n) is 7.06. The van der Waals surface area contributed by atoms with Crippen LogP contribution < -0.4 is 5.32 Å². The fraction of sp³-hybridized carbons (Fsp3) is 0.421. The van der Waals surface area contributed by atoms with Crippen molar-refractivity contribution in [3.8, 4) is 0 Å². The molecule has 0 saturated heterocycles. The van der Waals surface area contributed by atoms with Crippen LogP contribution in [0.3, 0.4) is 0 Å². The normalized spacial score (nSPS) is 12.0. The van der Waals surface area contributed by atoms with Crippen molar-refractivity contribution in [2.75, 3.05) is 11.9 Å². The van der Waals surface area contributed by atoms with Crippen molar-refractivity contribution >= 4 is 11.6 Å². The molecule has 130 valence electrons. The highest BCUT2D eigenvalue weighted by Crippen LogP contribution is 2.25. The third-order valence-corrected chi connectivity index (χ3v) is 4.02. The molecule has 1 heterocycles. The molecule has 24 heavy (non-hydrogen) atoms. The number of aliphatic hydroxyl groups is 1. The number of para-hydroxylation sites is 1. The van der Waals surface area contributed by atoms with Crippen LogP contribution in [0.15, 0.2) is 53.1 Å². The van der Waals surface area contributed by atoms with Gasteiger partial charge >= 0.3 is 0 Å². The van der Waals surface area contributed by atoms with E-state index in [2.05, 4.69) is 5.32 Å². The molecule has 0 radical (unpaired) electrons. The maximum atomic E-state index is 13.2. The SMILES string of the molecule is CC(C)(Nc1ccccc1)C(=O)N(Cc1ccco1)C(C)(C)CO. The van der Waals surface area contributed by atoms with Crippen LogP contribution in [0, 0.1) is 0 Å². The number of amides is 1. The smallest absolute Gasteiger partial charge is 0.248 e. The molecule has 0 atom stereocenters. The van der Waals surface area contributed by atoms with Gasteiger partial charge in [0.25, 0.3) is 0 Å². The highest BCUT2D eigenvalue weighted by atomic mass is 16.3. The Labute approximate surface area is 143 Å². The molecular weight excluding hydrogens is 304 g/mol. The van der Waals surface area contributed by atoms with Gasteiger partial charge in [0, 0.05) is 5.69 Å². The van der Waals surface area contributed by atoms with Gasteiger partial charge < -0.3 is 19.7 Å². The molecule has 0 fully saturated rings. The van der Waals surface area contributed by atoms with E-state index in [1.165, 1.54) is 0 Å². The van der Waals surface area contributed by atoms with E-state index < -0.39 is 11.1 Å². The number of furan rings is 1. The highest BCUT2D eigenvalue weighted by molar-refractivity contribution is 5.89. The van der Waals surface area contributed by atoms with Crippen LogP contribution in [0.5, 0.6) is 0 Å². The van der Waals surface area contributed by atoms with Crippen molar-refractivity contribution < 1.29 is 14.3 Å². The number of carbonyl (C=O) groups excluding carboxylic acids is 1. The predicted octanol–water partition coefficient (Wildman–Crippen LogP) is 3.27. The number of hydrogen-bond acceptors (Lipinski definition) is 4. The molecule has 0 spiro atoms. The summed E-state index contributed by atoms with van der Waals surface area (Å²) in [5, 5.41) is 13.0. The zero-order valence-electron chi connectivity index (χ0n) is 14.7. The van der Waals surface area contributed by atoms with Crippen molar-refractivity contribution in [3.05, 3.63) is 54.5 Å². The molecule has 2 N–H and O–H groups in total. The number of rotatable bonds is 7. The number of hydrogen-bond donors (Lipinski definition) is 2. The van der Waals surface area contributed by atoms with Gasteiger partial charge in [0.1, 0.15) is 11.3 Å². The van der Waals surface area contributed by atoms with E-state index >= 15 is 0 Å². The van der Waals surface area contributed by atoms with Gasteiger partial charge in [-0.3, -0.25) is 4.79 Å². The highest BCUT2D eigenvalue weighted by Gasteiger charge is 2.39. The zero-order chi connectivity index (χ0) is 17.8. The Morgan fingerprint density at radius 1 is 1.12 bits per heavy atom. The Kier molecular flexibility index (Phi) is 5.34. The van der Waals surface area contributed by atoms with E-state index in [1.54, 1.807) is 17.2 Å². The molecule has 0 bridgehead atoms. The first kappa shape index (κ1) is 18.1. The van der Waals surface area contributed by atoms with Crippen LogP contribution in [0.1, 0.15) is 33.5 Å². The van der Waals surface area contributed by atoms with Crippen LogP contribution in [0.2, 0.25) is 0 Å². The number of nitrogens with zero attached hydrogens (tertiary/aromatic N) is 1. The summed E-state index contributed by atoms with van der Waals surface area (Å²) in [5.74, 6) is 0.571. The van der Waals surface area contributed by atoms with E-state index in [4.69, 9.17) is 4.42 Å². The molecule has 1 amide bonds. The van der Waals surface area contributed by atoms with Gasteiger partial charge in [-0.2, -0.15) is 0 Å². The van der Waals surface area contributed by atoms with Crippen molar-refractivity contribution in [1.82, 2.24) is 4.90 Å². The number of carbonyl (C=O) groups is 1. The Bertz CT molecular complexity index is 649. The van der Waals surface area contributed by atoms with Gasteiger partial charge in [0.15, 0.2) is 0 Å². The number of benzene rings is 1. The van der Waals surface area contributed by atoms with E-state index in [0.717, 1.165) is 5.69 Å². The van der Waals surface area contributed by atoms with E-state index in [-0.39, 0.29) is 12.5 Å². The number of nitrogens with one attached hydrogen (secondary N) is 1. The Morgan fingerprint density at radius 3 is 2.33 bits per heavy atom. The molecule has 0 saturated carbocycles. The van der Waals surface area contributed by atoms with Gasteiger partial charge in [-0.25, -0.2) is 0 Å². The first-order chi connectivity index (χ1) is 11.3. The summed E-state index contributed by atoms with van der Waals surface area (Å²) in [6.07, 6.45) is 1.58. The first-order valence-electron chi connectivity index (χ1n) is 8.05. The molecule has 1 aromatic carbocycles. The van der Waals surface area contributed by atoms with Crippen LogP contribution in [0.25, 0.3) is 0 Å². The van der Waals surface area contributed by atoms with Crippen LogP contribution in [-0.2, 0) is 11.3 Å². The molecule has 2 rings (SSSR count). The molecule has 0 aliphatic rings. The summed E-state index contributed by atoms with van der Waals surface area (Å²) in [5.41, 5.74) is -0.671. The summed E-state index contributed by atoms with van der Waals surface area (Å²) in [6.45, 7) is 7.52. The average Bonchev–Trinajstić information content (AvgIpc) is 3.05. The summed E-state index contributed by atoms with van der Waals surface area (Å²) in [6, 6.07) is 13.2. The van der Waals surface area contributed by atoms with Crippen molar-refractivity contribution in [1.29, 1.82) is 0 Å². The van der Waals surface area contributed by atoms with Crippen LogP contribution >= 0.6 is 0 Å². The van der Waals surface area contributed by atoms with E-state index in [9.17, 15) is 9.90 Å².